The molecule has 0 spiro atoms. The number of hydrogen-bond donors (Lipinski definition) is 1. The van der Waals surface area contributed by atoms with Gasteiger partial charge in [-0.1, -0.05) is 48.3 Å². The van der Waals surface area contributed by atoms with Gasteiger partial charge in [0.25, 0.3) is 5.56 Å². The first-order chi connectivity index (χ1) is 14.8. The van der Waals surface area contributed by atoms with Gasteiger partial charge in [-0.05, 0) is 55.4 Å². The number of carbonyl (C=O) groups is 1. The summed E-state index contributed by atoms with van der Waals surface area (Å²) in [4.78, 5) is 26.9. The lowest BCUT2D eigenvalue weighted by molar-refractivity contribution is -0.122. The minimum Gasteiger partial charge on any atom is -0.352 e. The van der Waals surface area contributed by atoms with E-state index in [9.17, 15) is 9.59 Å². The monoisotopic (exact) mass is 491 g/mol. The smallest absolute Gasteiger partial charge is 0.262 e. The third kappa shape index (κ3) is 4.03. The average molecular weight is 492 g/mol. The van der Waals surface area contributed by atoms with E-state index in [0.29, 0.717) is 30.5 Å². The van der Waals surface area contributed by atoms with Gasteiger partial charge in [-0.3, -0.25) is 18.6 Å². The number of benzene rings is 2. The van der Waals surface area contributed by atoms with Gasteiger partial charge >= 0.3 is 0 Å². The molecule has 1 N–H and O–H groups in total. The minimum atomic E-state index is -0.246. The van der Waals surface area contributed by atoms with Crippen molar-refractivity contribution in [2.75, 3.05) is 0 Å². The standard InChI is InChI=1S/C22H19Cl2N3O2S2/c1-3-12(2)25-18(28)11-26-20-19(13-8-9-15(23)16(24)10-13)31-22(30)27(20)17-7-5-4-6-14(17)21(26)29/h4-10,12H,3,11H2,1-2H3,(H,25,28)/t12-/m1/s1. The van der Waals surface area contributed by atoms with Gasteiger partial charge in [-0.2, -0.15) is 0 Å². The van der Waals surface area contributed by atoms with Gasteiger partial charge in [0.2, 0.25) is 5.91 Å². The molecule has 4 aromatic rings. The zero-order valence-electron chi connectivity index (χ0n) is 16.8. The highest BCUT2D eigenvalue weighted by Crippen LogP contribution is 2.36. The first-order valence-corrected chi connectivity index (χ1v) is 11.7. The molecule has 0 unspecified atom stereocenters. The minimum absolute atomic E-state index is 0.0123. The summed E-state index contributed by atoms with van der Waals surface area (Å²) >= 11 is 19.4. The number of para-hydroxylation sites is 1. The van der Waals surface area contributed by atoms with E-state index in [-0.39, 0.29) is 24.1 Å². The molecule has 0 radical (unpaired) electrons. The van der Waals surface area contributed by atoms with E-state index in [1.54, 1.807) is 24.3 Å². The number of amides is 1. The first-order valence-electron chi connectivity index (χ1n) is 9.73. The van der Waals surface area contributed by atoms with E-state index in [0.717, 1.165) is 16.9 Å². The molecule has 160 valence electrons. The van der Waals surface area contributed by atoms with Crippen molar-refractivity contribution in [3.05, 3.63) is 66.8 Å². The predicted octanol–water partition coefficient (Wildman–Crippen LogP) is 5.93. The molecule has 0 saturated carbocycles. The second-order valence-electron chi connectivity index (χ2n) is 7.27. The Balaban J connectivity index is 2.05. The van der Waals surface area contributed by atoms with Crippen molar-refractivity contribution in [3.8, 4) is 10.4 Å². The van der Waals surface area contributed by atoms with Crippen LogP contribution in [0, 0.1) is 3.95 Å². The normalized spacial score (nSPS) is 12.4. The molecule has 2 aromatic heterocycles. The third-order valence-corrected chi connectivity index (χ3v) is 7.32. The predicted molar refractivity (Wildman–Crippen MR) is 131 cm³/mol. The topological polar surface area (TPSA) is 55.5 Å². The zero-order chi connectivity index (χ0) is 22.3. The van der Waals surface area contributed by atoms with Crippen molar-refractivity contribution in [2.45, 2.75) is 32.9 Å². The van der Waals surface area contributed by atoms with Crippen LogP contribution in [0.4, 0.5) is 0 Å². The van der Waals surface area contributed by atoms with Crippen LogP contribution in [0.5, 0.6) is 0 Å². The SMILES string of the molecule is CC[C@@H](C)NC(=O)Cn1c(=O)c2ccccc2n2c(=S)sc(-c3ccc(Cl)c(Cl)c3)c12. The molecule has 5 nitrogen and oxygen atoms in total. The van der Waals surface area contributed by atoms with Crippen LogP contribution in [0.3, 0.4) is 0 Å². The molecule has 0 fully saturated rings. The Morgan fingerprint density at radius 1 is 1.19 bits per heavy atom. The Bertz CT molecular complexity index is 1440. The number of hydrogen-bond acceptors (Lipinski definition) is 4. The Morgan fingerprint density at radius 3 is 2.65 bits per heavy atom. The molecule has 0 bridgehead atoms. The van der Waals surface area contributed by atoms with Crippen LogP contribution < -0.4 is 10.9 Å². The van der Waals surface area contributed by atoms with Gasteiger partial charge in [0.05, 0.1) is 25.8 Å². The van der Waals surface area contributed by atoms with Gasteiger partial charge in [0.15, 0.2) is 3.95 Å². The van der Waals surface area contributed by atoms with Crippen LogP contribution >= 0.6 is 46.8 Å². The fourth-order valence-electron chi connectivity index (χ4n) is 3.45. The van der Waals surface area contributed by atoms with Gasteiger partial charge < -0.3 is 5.32 Å². The van der Waals surface area contributed by atoms with Gasteiger partial charge in [-0.25, -0.2) is 0 Å². The number of nitrogens with zero attached hydrogens (tertiary/aromatic N) is 2. The summed E-state index contributed by atoms with van der Waals surface area (Å²) in [5.41, 5.74) is 1.80. The molecular weight excluding hydrogens is 473 g/mol. The zero-order valence-corrected chi connectivity index (χ0v) is 20.0. The molecule has 0 aliphatic heterocycles. The van der Waals surface area contributed by atoms with Crippen LogP contribution in [0.25, 0.3) is 27.0 Å². The fourth-order valence-corrected chi connectivity index (χ4v) is 5.17. The van der Waals surface area contributed by atoms with Crippen molar-refractivity contribution in [1.82, 2.24) is 14.3 Å². The number of aromatic nitrogens is 2. The second kappa shape index (κ2) is 8.74. The maximum absolute atomic E-state index is 13.4. The largest absolute Gasteiger partial charge is 0.352 e. The highest BCUT2D eigenvalue weighted by atomic mass is 35.5. The molecule has 0 saturated heterocycles. The van der Waals surface area contributed by atoms with E-state index in [4.69, 9.17) is 35.4 Å². The van der Waals surface area contributed by atoms with Gasteiger partial charge in [0.1, 0.15) is 12.2 Å². The summed E-state index contributed by atoms with van der Waals surface area (Å²) in [6.45, 7) is 3.81. The fraction of sp³-hybridized carbons (Fsp3) is 0.227. The number of thiazole rings is 1. The Kier molecular flexibility index (Phi) is 6.21. The molecule has 2 aromatic carbocycles. The number of rotatable bonds is 5. The first kappa shape index (κ1) is 22.0. The van der Waals surface area contributed by atoms with Gasteiger partial charge in [-0.15, -0.1) is 11.3 Å². The molecule has 1 atom stereocenters. The van der Waals surface area contributed by atoms with E-state index >= 15 is 0 Å². The average Bonchev–Trinajstić information content (AvgIpc) is 3.10. The Hall–Kier alpha value is -2.19. The number of carbonyl (C=O) groups excluding carboxylic acids is 1. The van der Waals surface area contributed by atoms with E-state index in [1.165, 1.54) is 15.9 Å². The maximum atomic E-state index is 13.4. The molecule has 2 heterocycles. The molecular formula is C22H19Cl2N3O2S2. The lowest BCUT2D eigenvalue weighted by atomic mass is 10.2. The van der Waals surface area contributed by atoms with Crippen molar-refractivity contribution < 1.29 is 4.79 Å². The number of fused-ring (bicyclic) bond motifs is 3. The van der Waals surface area contributed by atoms with Crippen molar-refractivity contribution in [1.29, 1.82) is 0 Å². The van der Waals surface area contributed by atoms with Gasteiger partial charge in [0, 0.05) is 6.04 Å². The Labute approximate surface area is 197 Å². The molecule has 31 heavy (non-hydrogen) atoms. The number of nitrogens with one attached hydrogen (secondary N) is 1. The summed E-state index contributed by atoms with van der Waals surface area (Å²) in [6, 6.07) is 12.6. The van der Waals surface area contributed by atoms with Crippen LogP contribution in [-0.4, -0.2) is 20.9 Å². The third-order valence-electron chi connectivity index (χ3n) is 5.17. The molecule has 0 aliphatic rings. The van der Waals surface area contributed by atoms with E-state index in [1.807, 2.05) is 36.4 Å². The van der Waals surface area contributed by atoms with E-state index < -0.39 is 0 Å². The molecule has 0 aliphatic carbocycles. The number of halogens is 2. The lowest BCUT2D eigenvalue weighted by Crippen LogP contribution is -2.37. The lowest BCUT2D eigenvalue weighted by Gasteiger charge is -2.15. The molecule has 9 heteroatoms. The highest BCUT2D eigenvalue weighted by molar-refractivity contribution is 7.73. The quantitative estimate of drug-likeness (QED) is 0.351. The van der Waals surface area contributed by atoms with E-state index in [2.05, 4.69) is 5.32 Å². The summed E-state index contributed by atoms with van der Waals surface area (Å²) < 4.78 is 3.92. The van der Waals surface area contributed by atoms with Crippen molar-refractivity contribution >= 4 is 69.2 Å². The summed E-state index contributed by atoms with van der Waals surface area (Å²) in [5.74, 6) is -0.231. The highest BCUT2D eigenvalue weighted by Gasteiger charge is 2.20. The van der Waals surface area contributed by atoms with Crippen LogP contribution in [-0.2, 0) is 11.3 Å². The van der Waals surface area contributed by atoms with Crippen molar-refractivity contribution in [2.24, 2.45) is 0 Å². The summed E-state index contributed by atoms with van der Waals surface area (Å²) in [5, 5.41) is 4.27. The Morgan fingerprint density at radius 2 is 1.94 bits per heavy atom. The molecule has 4 rings (SSSR count). The molecule has 1 amide bonds. The van der Waals surface area contributed by atoms with Crippen LogP contribution in [0.15, 0.2) is 47.3 Å². The second-order valence-corrected chi connectivity index (χ2v) is 9.73. The van der Waals surface area contributed by atoms with Crippen molar-refractivity contribution in [3.63, 3.8) is 0 Å². The summed E-state index contributed by atoms with van der Waals surface area (Å²) in [6.07, 6.45) is 0.797. The van der Waals surface area contributed by atoms with Crippen LogP contribution in [0.1, 0.15) is 20.3 Å². The van der Waals surface area contributed by atoms with Crippen LogP contribution in [0.2, 0.25) is 10.0 Å². The summed E-state index contributed by atoms with van der Waals surface area (Å²) in [7, 11) is 0. The maximum Gasteiger partial charge on any atom is 0.262 e.